The van der Waals surface area contributed by atoms with Crippen LogP contribution in [0.3, 0.4) is 0 Å². The minimum atomic E-state index is -5.17. The lowest BCUT2D eigenvalue weighted by Crippen LogP contribution is -2.31. The fourth-order valence-corrected chi connectivity index (χ4v) is 2.24. The number of hydrogen-bond acceptors (Lipinski definition) is 2. The van der Waals surface area contributed by atoms with Gasteiger partial charge in [-0.2, -0.15) is 26.3 Å². The van der Waals surface area contributed by atoms with Gasteiger partial charge >= 0.3 is 18.3 Å². The molecule has 1 aromatic rings. The second kappa shape index (κ2) is 5.69. The van der Waals surface area contributed by atoms with Crippen LogP contribution >= 0.6 is 0 Å². The molecule has 1 aliphatic heterocycles. The summed E-state index contributed by atoms with van der Waals surface area (Å²) in [6.45, 7) is 1.03. The molecule has 22 heavy (non-hydrogen) atoms. The number of carbonyl (C=O) groups excluding carboxylic acids is 1. The van der Waals surface area contributed by atoms with E-state index in [2.05, 4.69) is 0 Å². The monoisotopic (exact) mass is 326 g/mol. The Balaban J connectivity index is 2.39. The number of carbonyl (C=O) groups is 1. The summed E-state index contributed by atoms with van der Waals surface area (Å²) >= 11 is 0. The first kappa shape index (κ1) is 16.4. The van der Waals surface area contributed by atoms with Gasteiger partial charge in [-0.3, -0.25) is 4.79 Å². The molecule has 1 saturated heterocycles. The molecule has 0 unspecified atom stereocenters. The Labute approximate surface area is 121 Å². The SMILES string of the molecule is O=C(Nc1cc(C(F)(F)F)ccc1N1CCCC1)C(F)(F)F. The van der Waals surface area contributed by atoms with Crippen molar-refractivity contribution in [3.63, 3.8) is 0 Å². The van der Waals surface area contributed by atoms with Gasteiger partial charge in [-0.1, -0.05) is 0 Å². The number of anilines is 2. The second-order valence-corrected chi connectivity index (χ2v) is 4.88. The fourth-order valence-electron chi connectivity index (χ4n) is 2.24. The van der Waals surface area contributed by atoms with Crippen LogP contribution < -0.4 is 10.2 Å². The Morgan fingerprint density at radius 3 is 2.14 bits per heavy atom. The lowest BCUT2D eigenvalue weighted by molar-refractivity contribution is -0.167. The van der Waals surface area contributed by atoms with Gasteiger partial charge in [-0.25, -0.2) is 0 Å². The Bertz CT molecular complexity index is 561. The molecule has 0 atom stereocenters. The quantitative estimate of drug-likeness (QED) is 0.838. The largest absolute Gasteiger partial charge is 0.471 e. The van der Waals surface area contributed by atoms with Crippen LogP contribution in [0, 0.1) is 0 Å². The molecular formula is C13H12F6N2O. The Hall–Kier alpha value is -1.93. The third-order valence-electron chi connectivity index (χ3n) is 3.28. The highest BCUT2D eigenvalue weighted by Crippen LogP contribution is 2.37. The first-order valence-electron chi connectivity index (χ1n) is 6.43. The third-order valence-corrected chi connectivity index (χ3v) is 3.28. The predicted octanol–water partition coefficient (Wildman–Crippen LogP) is 3.81. The summed E-state index contributed by atoms with van der Waals surface area (Å²) in [5, 5.41) is 1.53. The first-order valence-corrected chi connectivity index (χ1v) is 6.43. The molecule has 0 aromatic heterocycles. The highest BCUT2D eigenvalue weighted by Gasteiger charge is 2.40. The third kappa shape index (κ3) is 3.63. The minimum Gasteiger partial charge on any atom is -0.370 e. The van der Waals surface area contributed by atoms with Crippen LogP contribution in [-0.2, 0) is 11.0 Å². The van der Waals surface area contributed by atoms with Gasteiger partial charge in [0.2, 0.25) is 0 Å². The molecule has 0 bridgehead atoms. The topological polar surface area (TPSA) is 32.3 Å². The van der Waals surface area contributed by atoms with Crippen LogP contribution in [0.2, 0.25) is 0 Å². The smallest absolute Gasteiger partial charge is 0.370 e. The molecule has 1 aliphatic rings. The molecule has 0 saturated carbocycles. The van der Waals surface area contributed by atoms with E-state index in [-0.39, 0.29) is 5.69 Å². The van der Waals surface area contributed by atoms with Gasteiger partial charge in [0.15, 0.2) is 0 Å². The van der Waals surface area contributed by atoms with Crippen LogP contribution in [-0.4, -0.2) is 25.2 Å². The highest BCUT2D eigenvalue weighted by molar-refractivity contribution is 5.98. The van der Waals surface area contributed by atoms with E-state index in [1.807, 2.05) is 0 Å². The van der Waals surface area contributed by atoms with Gasteiger partial charge < -0.3 is 10.2 Å². The number of benzene rings is 1. The average Bonchev–Trinajstić information content (AvgIpc) is 2.90. The van der Waals surface area contributed by atoms with Crippen molar-refractivity contribution in [1.29, 1.82) is 0 Å². The van der Waals surface area contributed by atoms with Crippen molar-refractivity contribution < 1.29 is 31.1 Å². The number of nitrogens with zero attached hydrogens (tertiary/aromatic N) is 1. The van der Waals surface area contributed by atoms with Gasteiger partial charge in [0.05, 0.1) is 16.9 Å². The average molecular weight is 326 g/mol. The van der Waals surface area contributed by atoms with Crippen LogP contribution in [0.1, 0.15) is 18.4 Å². The first-order chi connectivity index (χ1) is 10.1. The van der Waals surface area contributed by atoms with Gasteiger partial charge in [0, 0.05) is 13.1 Å². The van der Waals surface area contributed by atoms with Crippen LogP contribution in [0.15, 0.2) is 18.2 Å². The normalized spacial score (nSPS) is 16.0. The maximum absolute atomic E-state index is 12.7. The molecule has 1 amide bonds. The predicted molar refractivity (Wildman–Crippen MR) is 67.6 cm³/mol. The van der Waals surface area contributed by atoms with Crippen molar-refractivity contribution >= 4 is 17.3 Å². The molecular weight excluding hydrogens is 314 g/mol. The van der Waals surface area contributed by atoms with Crippen molar-refractivity contribution in [1.82, 2.24) is 0 Å². The number of alkyl halides is 6. The van der Waals surface area contributed by atoms with E-state index in [4.69, 9.17) is 0 Å². The summed E-state index contributed by atoms with van der Waals surface area (Å²) in [7, 11) is 0. The van der Waals surface area contributed by atoms with Crippen LogP contribution in [0.25, 0.3) is 0 Å². The number of halogens is 6. The van der Waals surface area contributed by atoms with E-state index >= 15 is 0 Å². The summed E-state index contributed by atoms with van der Waals surface area (Å²) < 4.78 is 75.1. The minimum absolute atomic E-state index is 0.156. The summed E-state index contributed by atoms with van der Waals surface area (Å²) in [6, 6.07) is 2.40. The highest BCUT2D eigenvalue weighted by atomic mass is 19.4. The maximum Gasteiger partial charge on any atom is 0.471 e. The molecule has 2 rings (SSSR count). The molecule has 1 aromatic carbocycles. The van der Waals surface area contributed by atoms with Gasteiger partial charge in [-0.05, 0) is 31.0 Å². The maximum atomic E-state index is 12.7. The van der Waals surface area contributed by atoms with E-state index in [0.717, 1.165) is 25.0 Å². The van der Waals surface area contributed by atoms with Crippen LogP contribution in [0.4, 0.5) is 37.7 Å². The van der Waals surface area contributed by atoms with E-state index in [9.17, 15) is 31.1 Å². The molecule has 0 spiro atoms. The lowest BCUT2D eigenvalue weighted by Gasteiger charge is -2.23. The summed E-state index contributed by atoms with van der Waals surface area (Å²) in [4.78, 5) is 12.7. The van der Waals surface area contributed by atoms with Gasteiger partial charge in [0.25, 0.3) is 0 Å². The zero-order chi connectivity index (χ0) is 16.5. The number of nitrogens with one attached hydrogen (secondary N) is 1. The molecule has 3 nitrogen and oxygen atoms in total. The number of rotatable bonds is 2. The fraction of sp³-hybridized carbons (Fsp3) is 0.462. The number of amides is 1. The number of hydrogen-bond donors (Lipinski definition) is 1. The van der Waals surface area contributed by atoms with Crippen molar-refractivity contribution in [2.75, 3.05) is 23.3 Å². The van der Waals surface area contributed by atoms with Crippen molar-refractivity contribution in [3.05, 3.63) is 23.8 Å². The molecule has 0 radical (unpaired) electrons. The molecule has 9 heteroatoms. The van der Waals surface area contributed by atoms with E-state index < -0.39 is 29.5 Å². The summed E-state index contributed by atoms with van der Waals surface area (Å²) in [6.07, 6.45) is -8.31. The van der Waals surface area contributed by atoms with Crippen molar-refractivity contribution in [3.8, 4) is 0 Å². The van der Waals surface area contributed by atoms with Crippen molar-refractivity contribution in [2.24, 2.45) is 0 Å². The van der Waals surface area contributed by atoms with Crippen molar-refractivity contribution in [2.45, 2.75) is 25.2 Å². The molecule has 1 heterocycles. The summed E-state index contributed by atoms with van der Waals surface area (Å²) in [5.41, 5.74) is -1.45. The van der Waals surface area contributed by atoms with E-state index in [0.29, 0.717) is 19.2 Å². The standard InChI is InChI=1S/C13H12F6N2O/c14-12(15,16)8-3-4-10(21-5-1-2-6-21)9(7-8)20-11(22)13(17,18)19/h3-4,7H,1-2,5-6H2,(H,20,22). The molecule has 122 valence electrons. The Kier molecular flexibility index (Phi) is 4.25. The van der Waals surface area contributed by atoms with E-state index in [1.165, 1.54) is 5.32 Å². The lowest BCUT2D eigenvalue weighted by atomic mass is 10.1. The second-order valence-electron chi connectivity index (χ2n) is 4.88. The van der Waals surface area contributed by atoms with E-state index in [1.54, 1.807) is 4.90 Å². The molecule has 1 N–H and O–H groups in total. The molecule has 1 fully saturated rings. The zero-order valence-corrected chi connectivity index (χ0v) is 11.2. The zero-order valence-electron chi connectivity index (χ0n) is 11.2. The van der Waals surface area contributed by atoms with Gasteiger partial charge in [-0.15, -0.1) is 0 Å². The van der Waals surface area contributed by atoms with Crippen LogP contribution in [0.5, 0.6) is 0 Å². The van der Waals surface area contributed by atoms with Gasteiger partial charge in [0.1, 0.15) is 0 Å². The Morgan fingerprint density at radius 1 is 1.05 bits per heavy atom. The molecule has 0 aliphatic carbocycles. The summed E-state index contributed by atoms with van der Waals surface area (Å²) in [5.74, 6) is -2.30. The Morgan fingerprint density at radius 2 is 1.64 bits per heavy atom.